The predicted molar refractivity (Wildman–Crippen MR) is 105 cm³/mol. The van der Waals surface area contributed by atoms with Gasteiger partial charge in [-0.3, -0.25) is 13.9 Å². The maximum absolute atomic E-state index is 12.9. The van der Waals surface area contributed by atoms with Gasteiger partial charge in [-0.05, 0) is 37.3 Å². The Morgan fingerprint density at radius 2 is 1.93 bits per heavy atom. The van der Waals surface area contributed by atoms with Crippen LogP contribution in [0, 0.1) is 5.92 Å². The highest BCUT2D eigenvalue weighted by Crippen LogP contribution is 2.22. The van der Waals surface area contributed by atoms with Crippen LogP contribution < -0.4 is 5.32 Å². The lowest BCUT2D eigenvalue weighted by Gasteiger charge is -2.16. The van der Waals surface area contributed by atoms with E-state index < -0.39 is 0 Å². The van der Waals surface area contributed by atoms with E-state index in [0.717, 1.165) is 24.3 Å². The molecular weight excluding hydrogens is 340 g/mol. The summed E-state index contributed by atoms with van der Waals surface area (Å²) in [6, 6.07) is 5.45. The second-order valence-electron chi connectivity index (χ2n) is 7.69. The lowest BCUT2D eigenvalue weighted by atomic mass is 10.0. The van der Waals surface area contributed by atoms with Gasteiger partial charge in [0, 0.05) is 12.7 Å². The summed E-state index contributed by atoms with van der Waals surface area (Å²) in [4.78, 5) is 12.9. The van der Waals surface area contributed by atoms with Crippen molar-refractivity contribution in [3.8, 4) is 0 Å². The molecule has 0 saturated carbocycles. The predicted octanol–water partition coefficient (Wildman–Crippen LogP) is 3.59. The molecule has 7 nitrogen and oxygen atoms in total. The Balaban J connectivity index is 1.81. The molecule has 1 atom stereocenters. The average Bonchev–Trinajstić information content (AvgIpc) is 3.24. The van der Waals surface area contributed by atoms with Crippen molar-refractivity contribution in [1.29, 1.82) is 0 Å². The van der Waals surface area contributed by atoms with E-state index in [0.29, 0.717) is 17.3 Å². The van der Waals surface area contributed by atoms with Gasteiger partial charge in [-0.1, -0.05) is 33.8 Å². The molecule has 3 aromatic rings. The van der Waals surface area contributed by atoms with Crippen LogP contribution in [0.2, 0.25) is 0 Å². The van der Waals surface area contributed by atoms with Crippen molar-refractivity contribution in [2.75, 3.05) is 0 Å². The fourth-order valence-corrected chi connectivity index (χ4v) is 3.23. The number of amides is 1. The zero-order valence-electron chi connectivity index (χ0n) is 16.7. The van der Waals surface area contributed by atoms with E-state index in [4.69, 9.17) is 0 Å². The first-order chi connectivity index (χ1) is 12.9. The molecule has 0 aliphatic heterocycles. The smallest absolute Gasteiger partial charge is 0.255 e. The SMILES string of the molecule is CC(C)CCn1ncc(C(=O)NC(C)c2nnc3ccccn23)c1C(C)C. The van der Waals surface area contributed by atoms with Gasteiger partial charge in [-0.2, -0.15) is 5.10 Å². The third-order valence-electron chi connectivity index (χ3n) is 4.67. The molecule has 0 aliphatic carbocycles. The Morgan fingerprint density at radius 3 is 2.63 bits per heavy atom. The van der Waals surface area contributed by atoms with Crippen LogP contribution in [0.25, 0.3) is 5.65 Å². The number of rotatable bonds is 7. The molecule has 27 heavy (non-hydrogen) atoms. The second kappa shape index (κ2) is 7.90. The fourth-order valence-electron chi connectivity index (χ4n) is 3.23. The zero-order valence-corrected chi connectivity index (χ0v) is 16.7. The summed E-state index contributed by atoms with van der Waals surface area (Å²) in [5.41, 5.74) is 2.37. The number of nitrogens with zero attached hydrogens (tertiary/aromatic N) is 5. The van der Waals surface area contributed by atoms with Crippen LogP contribution in [0.1, 0.15) is 74.9 Å². The minimum absolute atomic E-state index is 0.130. The van der Waals surface area contributed by atoms with Crippen molar-refractivity contribution in [3.05, 3.63) is 47.7 Å². The number of carbonyl (C=O) groups excluding carboxylic acids is 1. The molecule has 144 valence electrons. The molecule has 3 aromatic heterocycles. The molecule has 0 saturated heterocycles. The second-order valence-corrected chi connectivity index (χ2v) is 7.69. The van der Waals surface area contributed by atoms with Crippen LogP contribution in [-0.4, -0.2) is 30.3 Å². The Bertz CT molecular complexity index is 924. The summed E-state index contributed by atoms with van der Waals surface area (Å²) >= 11 is 0. The minimum atomic E-state index is -0.270. The van der Waals surface area contributed by atoms with E-state index in [1.54, 1.807) is 6.20 Å². The molecule has 0 aliphatic rings. The Labute approximate surface area is 159 Å². The molecule has 1 unspecified atom stereocenters. The van der Waals surface area contributed by atoms with Crippen molar-refractivity contribution >= 4 is 11.6 Å². The maximum Gasteiger partial charge on any atom is 0.255 e. The summed E-state index contributed by atoms with van der Waals surface area (Å²) in [7, 11) is 0. The highest BCUT2D eigenvalue weighted by Gasteiger charge is 2.23. The van der Waals surface area contributed by atoms with Gasteiger partial charge < -0.3 is 5.32 Å². The first kappa shape index (κ1) is 19.1. The fraction of sp³-hybridized carbons (Fsp3) is 0.500. The molecule has 3 heterocycles. The molecule has 7 heteroatoms. The quantitative estimate of drug-likeness (QED) is 0.691. The third kappa shape index (κ3) is 4.02. The van der Waals surface area contributed by atoms with Crippen molar-refractivity contribution < 1.29 is 4.79 Å². The van der Waals surface area contributed by atoms with Crippen molar-refractivity contribution in [2.45, 2.75) is 59.5 Å². The van der Waals surface area contributed by atoms with Crippen molar-refractivity contribution in [3.63, 3.8) is 0 Å². The van der Waals surface area contributed by atoms with E-state index in [1.165, 1.54) is 0 Å². The Hall–Kier alpha value is -2.70. The highest BCUT2D eigenvalue weighted by atomic mass is 16.1. The molecule has 1 amide bonds. The summed E-state index contributed by atoms with van der Waals surface area (Å²) in [5, 5.41) is 15.9. The number of aryl methyl sites for hydroxylation is 1. The summed E-state index contributed by atoms with van der Waals surface area (Å²) in [6.45, 7) is 11.3. The molecule has 0 aromatic carbocycles. The normalized spacial score (nSPS) is 12.9. The molecular formula is C20H28N6O. The maximum atomic E-state index is 12.9. The number of hydrogen-bond acceptors (Lipinski definition) is 4. The number of nitrogens with one attached hydrogen (secondary N) is 1. The van der Waals surface area contributed by atoms with Gasteiger partial charge in [0.25, 0.3) is 5.91 Å². The van der Waals surface area contributed by atoms with Gasteiger partial charge in [-0.15, -0.1) is 10.2 Å². The summed E-state index contributed by atoms with van der Waals surface area (Å²) < 4.78 is 3.86. The first-order valence-electron chi connectivity index (χ1n) is 9.54. The summed E-state index contributed by atoms with van der Waals surface area (Å²) in [6.07, 6.45) is 4.61. The van der Waals surface area contributed by atoms with Crippen LogP contribution in [0.5, 0.6) is 0 Å². The van der Waals surface area contributed by atoms with Gasteiger partial charge in [-0.25, -0.2) is 0 Å². The minimum Gasteiger partial charge on any atom is -0.342 e. The number of aromatic nitrogens is 5. The van der Waals surface area contributed by atoms with Gasteiger partial charge in [0.1, 0.15) is 0 Å². The van der Waals surface area contributed by atoms with E-state index >= 15 is 0 Å². The van der Waals surface area contributed by atoms with Crippen LogP contribution in [0.15, 0.2) is 30.6 Å². The van der Waals surface area contributed by atoms with Crippen LogP contribution in [0.4, 0.5) is 0 Å². The van der Waals surface area contributed by atoms with Gasteiger partial charge in [0.15, 0.2) is 11.5 Å². The monoisotopic (exact) mass is 368 g/mol. The number of pyridine rings is 1. The highest BCUT2D eigenvalue weighted by molar-refractivity contribution is 5.95. The molecule has 1 N–H and O–H groups in total. The topological polar surface area (TPSA) is 77.1 Å². The molecule has 0 radical (unpaired) electrons. The van der Waals surface area contributed by atoms with E-state index in [1.807, 2.05) is 40.4 Å². The standard InChI is InChI=1S/C20H28N6O/c1-13(2)9-11-26-18(14(3)4)16(12-21-26)20(27)22-15(5)19-24-23-17-8-6-7-10-25(17)19/h6-8,10,12-15H,9,11H2,1-5H3,(H,22,27). The average molecular weight is 368 g/mol. The van der Waals surface area contributed by atoms with E-state index in [-0.39, 0.29) is 17.9 Å². The number of carbonyl (C=O) groups is 1. The van der Waals surface area contributed by atoms with Crippen LogP contribution in [-0.2, 0) is 6.54 Å². The van der Waals surface area contributed by atoms with Crippen LogP contribution >= 0.6 is 0 Å². The Morgan fingerprint density at radius 1 is 1.15 bits per heavy atom. The molecule has 3 rings (SSSR count). The van der Waals surface area contributed by atoms with Crippen molar-refractivity contribution in [1.82, 2.24) is 29.7 Å². The molecule has 0 spiro atoms. The Kier molecular flexibility index (Phi) is 5.58. The zero-order chi connectivity index (χ0) is 19.6. The molecule has 0 bridgehead atoms. The number of fused-ring (bicyclic) bond motifs is 1. The lowest BCUT2D eigenvalue weighted by molar-refractivity contribution is 0.0936. The van der Waals surface area contributed by atoms with Gasteiger partial charge in [0.2, 0.25) is 0 Å². The van der Waals surface area contributed by atoms with E-state index in [9.17, 15) is 4.79 Å². The molecule has 0 fully saturated rings. The lowest BCUT2D eigenvalue weighted by Crippen LogP contribution is -2.29. The number of hydrogen-bond donors (Lipinski definition) is 1. The largest absolute Gasteiger partial charge is 0.342 e. The van der Waals surface area contributed by atoms with Crippen molar-refractivity contribution in [2.24, 2.45) is 5.92 Å². The van der Waals surface area contributed by atoms with Gasteiger partial charge in [0.05, 0.1) is 23.5 Å². The summed E-state index contributed by atoms with van der Waals surface area (Å²) in [5.74, 6) is 1.38. The van der Waals surface area contributed by atoms with Gasteiger partial charge >= 0.3 is 0 Å². The first-order valence-corrected chi connectivity index (χ1v) is 9.54. The van der Waals surface area contributed by atoms with Crippen LogP contribution in [0.3, 0.4) is 0 Å². The third-order valence-corrected chi connectivity index (χ3v) is 4.67. The van der Waals surface area contributed by atoms with E-state index in [2.05, 4.69) is 48.3 Å².